The van der Waals surface area contributed by atoms with Crippen LogP contribution in [0.5, 0.6) is 0 Å². The van der Waals surface area contributed by atoms with Crippen LogP contribution in [0.3, 0.4) is 0 Å². The highest BCUT2D eigenvalue weighted by Crippen LogP contribution is 2.19. The molecule has 7 nitrogen and oxygen atoms in total. The third-order valence-corrected chi connectivity index (χ3v) is 3.59. The second-order valence-electron chi connectivity index (χ2n) is 5.81. The minimum Gasteiger partial charge on any atom is -0.333 e. The Balaban J connectivity index is 2.26. The van der Waals surface area contributed by atoms with Gasteiger partial charge in [0.2, 0.25) is 0 Å². The molecular formula is C17H19FN4O3. The van der Waals surface area contributed by atoms with E-state index in [2.05, 4.69) is 4.98 Å². The van der Waals surface area contributed by atoms with Gasteiger partial charge in [0, 0.05) is 38.1 Å². The Bertz CT molecular complexity index is 753. The molecule has 0 spiro atoms. The SMILES string of the molecule is CN(C)CCN(Cc1cccnc1)C(=O)c1ccc([N+](=O)[O-])cc1F. The quantitative estimate of drug-likeness (QED) is 0.568. The van der Waals surface area contributed by atoms with E-state index in [0.717, 1.165) is 23.8 Å². The van der Waals surface area contributed by atoms with Crippen LogP contribution in [-0.2, 0) is 6.54 Å². The van der Waals surface area contributed by atoms with Crippen LogP contribution in [0.1, 0.15) is 15.9 Å². The van der Waals surface area contributed by atoms with Gasteiger partial charge < -0.3 is 9.80 Å². The Morgan fingerprint density at radius 3 is 2.60 bits per heavy atom. The highest BCUT2D eigenvalue weighted by atomic mass is 19.1. The molecule has 0 saturated heterocycles. The zero-order chi connectivity index (χ0) is 18.4. The molecule has 0 aliphatic carbocycles. The van der Waals surface area contributed by atoms with Gasteiger partial charge in [-0.15, -0.1) is 0 Å². The maximum atomic E-state index is 14.2. The average Bonchev–Trinajstić information content (AvgIpc) is 2.58. The van der Waals surface area contributed by atoms with Crippen molar-refractivity contribution in [1.82, 2.24) is 14.8 Å². The summed E-state index contributed by atoms with van der Waals surface area (Å²) >= 11 is 0. The highest BCUT2D eigenvalue weighted by Gasteiger charge is 2.22. The number of amides is 1. The molecule has 0 unspecified atom stereocenters. The van der Waals surface area contributed by atoms with E-state index in [1.54, 1.807) is 18.5 Å². The number of hydrogen-bond donors (Lipinski definition) is 0. The van der Waals surface area contributed by atoms with Crippen molar-refractivity contribution in [2.24, 2.45) is 0 Å². The van der Waals surface area contributed by atoms with E-state index in [-0.39, 0.29) is 17.8 Å². The molecule has 8 heteroatoms. The van der Waals surface area contributed by atoms with Crippen LogP contribution in [0.4, 0.5) is 10.1 Å². The summed E-state index contributed by atoms with van der Waals surface area (Å²) in [5.74, 6) is -1.42. The summed E-state index contributed by atoms with van der Waals surface area (Å²) in [6, 6.07) is 6.64. The first-order valence-corrected chi connectivity index (χ1v) is 7.65. The van der Waals surface area contributed by atoms with Crippen LogP contribution in [0.2, 0.25) is 0 Å². The first-order chi connectivity index (χ1) is 11.9. The lowest BCUT2D eigenvalue weighted by molar-refractivity contribution is -0.385. The molecule has 0 atom stereocenters. The van der Waals surface area contributed by atoms with E-state index < -0.39 is 16.6 Å². The number of benzene rings is 1. The molecule has 0 N–H and O–H groups in total. The monoisotopic (exact) mass is 346 g/mol. The van der Waals surface area contributed by atoms with Crippen molar-refractivity contribution in [3.8, 4) is 0 Å². The Labute approximate surface area is 144 Å². The maximum Gasteiger partial charge on any atom is 0.272 e. The summed E-state index contributed by atoms with van der Waals surface area (Å²) in [4.78, 5) is 30.2. The van der Waals surface area contributed by atoms with Gasteiger partial charge in [0.1, 0.15) is 5.82 Å². The summed E-state index contributed by atoms with van der Waals surface area (Å²) in [6.07, 6.45) is 3.27. The smallest absolute Gasteiger partial charge is 0.272 e. The van der Waals surface area contributed by atoms with Gasteiger partial charge in [-0.25, -0.2) is 4.39 Å². The zero-order valence-electron chi connectivity index (χ0n) is 14.1. The fourth-order valence-corrected chi connectivity index (χ4v) is 2.25. The van der Waals surface area contributed by atoms with Crippen LogP contribution >= 0.6 is 0 Å². The Morgan fingerprint density at radius 1 is 1.28 bits per heavy atom. The molecule has 0 fully saturated rings. The maximum absolute atomic E-state index is 14.2. The van der Waals surface area contributed by atoms with Gasteiger partial charge in [-0.05, 0) is 31.8 Å². The van der Waals surface area contributed by atoms with E-state index in [4.69, 9.17) is 0 Å². The van der Waals surface area contributed by atoms with Gasteiger partial charge in [0.25, 0.3) is 11.6 Å². The summed E-state index contributed by atoms with van der Waals surface area (Å²) in [5, 5.41) is 10.7. The third-order valence-electron chi connectivity index (χ3n) is 3.59. The second-order valence-corrected chi connectivity index (χ2v) is 5.81. The molecule has 0 bridgehead atoms. The number of nitro benzene ring substituents is 1. The first kappa shape index (κ1) is 18.5. The van der Waals surface area contributed by atoms with Crippen LogP contribution in [0.15, 0.2) is 42.7 Å². The lowest BCUT2D eigenvalue weighted by Crippen LogP contribution is -2.36. The topological polar surface area (TPSA) is 79.6 Å². The molecule has 132 valence electrons. The third kappa shape index (κ3) is 5.05. The molecule has 2 rings (SSSR count). The molecular weight excluding hydrogens is 327 g/mol. The number of pyridine rings is 1. The normalized spacial score (nSPS) is 10.7. The van der Waals surface area contributed by atoms with E-state index in [1.807, 2.05) is 25.1 Å². The van der Waals surface area contributed by atoms with Gasteiger partial charge >= 0.3 is 0 Å². The van der Waals surface area contributed by atoms with Crippen molar-refractivity contribution in [1.29, 1.82) is 0 Å². The van der Waals surface area contributed by atoms with Crippen molar-refractivity contribution in [3.05, 3.63) is 69.8 Å². The minimum atomic E-state index is -0.903. The zero-order valence-corrected chi connectivity index (χ0v) is 14.1. The molecule has 2 aromatic rings. The lowest BCUT2D eigenvalue weighted by Gasteiger charge is -2.24. The van der Waals surface area contributed by atoms with Crippen molar-refractivity contribution in [2.75, 3.05) is 27.2 Å². The largest absolute Gasteiger partial charge is 0.333 e. The Morgan fingerprint density at radius 2 is 2.04 bits per heavy atom. The van der Waals surface area contributed by atoms with Crippen LogP contribution < -0.4 is 0 Å². The Hall–Kier alpha value is -2.87. The number of non-ortho nitro benzene ring substituents is 1. The second kappa shape index (κ2) is 8.29. The number of carbonyl (C=O) groups is 1. The number of aromatic nitrogens is 1. The van der Waals surface area contributed by atoms with Gasteiger partial charge in [-0.2, -0.15) is 0 Å². The number of nitro groups is 1. The predicted octanol–water partition coefficient (Wildman–Crippen LogP) is 2.33. The molecule has 1 aromatic heterocycles. The van der Waals surface area contributed by atoms with E-state index >= 15 is 0 Å². The number of hydrogen-bond acceptors (Lipinski definition) is 5. The number of nitrogens with zero attached hydrogens (tertiary/aromatic N) is 4. The van der Waals surface area contributed by atoms with Crippen molar-refractivity contribution < 1.29 is 14.1 Å². The fraction of sp³-hybridized carbons (Fsp3) is 0.294. The van der Waals surface area contributed by atoms with E-state index in [9.17, 15) is 19.3 Å². The van der Waals surface area contributed by atoms with Gasteiger partial charge in [0.05, 0.1) is 16.6 Å². The molecule has 0 radical (unpaired) electrons. The first-order valence-electron chi connectivity index (χ1n) is 7.65. The fourth-order valence-electron chi connectivity index (χ4n) is 2.25. The van der Waals surface area contributed by atoms with Crippen molar-refractivity contribution in [2.45, 2.75) is 6.54 Å². The van der Waals surface area contributed by atoms with E-state index in [0.29, 0.717) is 13.1 Å². The number of rotatable bonds is 7. The van der Waals surface area contributed by atoms with Gasteiger partial charge in [-0.3, -0.25) is 19.9 Å². The van der Waals surface area contributed by atoms with Crippen LogP contribution in [0.25, 0.3) is 0 Å². The van der Waals surface area contributed by atoms with E-state index in [1.165, 1.54) is 4.90 Å². The van der Waals surface area contributed by atoms with Crippen LogP contribution in [-0.4, -0.2) is 52.8 Å². The molecule has 0 saturated carbocycles. The molecule has 1 aromatic carbocycles. The number of carbonyl (C=O) groups excluding carboxylic acids is 1. The van der Waals surface area contributed by atoms with Crippen molar-refractivity contribution >= 4 is 11.6 Å². The summed E-state index contributed by atoms with van der Waals surface area (Å²) < 4.78 is 14.2. The molecule has 1 heterocycles. The number of likely N-dealkylation sites (N-methyl/N-ethyl adjacent to an activating group) is 1. The molecule has 25 heavy (non-hydrogen) atoms. The summed E-state index contributed by atoms with van der Waals surface area (Å²) in [6.45, 7) is 1.26. The highest BCUT2D eigenvalue weighted by molar-refractivity contribution is 5.94. The molecule has 1 amide bonds. The summed E-state index contributed by atoms with van der Waals surface area (Å²) in [7, 11) is 3.75. The predicted molar refractivity (Wildman–Crippen MR) is 90.6 cm³/mol. The van der Waals surface area contributed by atoms with Crippen molar-refractivity contribution in [3.63, 3.8) is 0 Å². The summed E-state index contributed by atoms with van der Waals surface area (Å²) in [5.41, 5.74) is 0.242. The minimum absolute atomic E-state index is 0.187. The number of halogens is 1. The molecule has 0 aliphatic rings. The molecule has 0 aliphatic heterocycles. The van der Waals surface area contributed by atoms with Gasteiger partial charge in [0.15, 0.2) is 0 Å². The Kier molecular flexibility index (Phi) is 6.13. The standard InChI is InChI=1S/C17H19FN4O3/c1-20(2)8-9-21(12-13-4-3-7-19-11-13)17(23)15-6-5-14(22(24)25)10-16(15)18/h3-7,10-11H,8-9,12H2,1-2H3. The average molecular weight is 346 g/mol. The lowest BCUT2D eigenvalue weighted by atomic mass is 10.1. The van der Waals surface area contributed by atoms with Crippen LogP contribution in [0, 0.1) is 15.9 Å². The van der Waals surface area contributed by atoms with Gasteiger partial charge in [-0.1, -0.05) is 6.07 Å².